The van der Waals surface area contributed by atoms with E-state index in [1.54, 1.807) is 6.07 Å². The number of hydrogen-bond acceptors (Lipinski definition) is 3. The molecular weight excluding hydrogens is 402 g/mol. The second-order valence-corrected chi connectivity index (χ2v) is 7.68. The van der Waals surface area contributed by atoms with Crippen molar-refractivity contribution in [2.24, 2.45) is 7.05 Å². The lowest BCUT2D eigenvalue weighted by Gasteiger charge is -2.41. The average molecular weight is 427 g/mol. The quantitative estimate of drug-likeness (QED) is 0.760. The van der Waals surface area contributed by atoms with Gasteiger partial charge < -0.3 is 5.32 Å². The van der Waals surface area contributed by atoms with Gasteiger partial charge in [0, 0.05) is 31.7 Å². The summed E-state index contributed by atoms with van der Waals surface area (Å²) in [6.07, 6.45) is -2.96. The minimum atomic E-state index is -4.59. The molecule has 10 heteroatoms. The van der Waals surface area contributed by atoms with Crippen molar-refractivity contribution >= 4 is 11.8 Å². The monoisotopic (exact) mass is 427 g/mol. The number of benzene rings is 1. The summed E-state index contributed by atoms with van der Waals surface area (Å²) in [6, 6.07) is 6.78. The van der Waals surface area contributed by atoms with Crippen LogP contribution in [0.5, 0.6) is 0 Å². The van der Waals surface area contributed by atoms with E-state index in [0.717, 1.165) is 16.3 Å². The van der Waals surface area contributed by atoms with Crippen LogP contribution in [0.2, 0.25) is 0 Å². The number of alkyl halides is 3. The SMILES string of the molecule is CN(C)C1(c2cccc(F)c2)CCCN(c2cc(C(F)(F)F)nn2C)C(=O)NCC1. The molecule has 6 nitrogen and oxygen atoms in total. The molecule has 2 aromatic rings. The second kappa shape index (κ2) is 8.25. The molecule has 164 valence electrons. The number of nitrogens with zero attached hydrogens (tertiary/aromatic N) is 4. The maximum atomic E-state index is 13.9. The molecule has 30 heavy (non-hydrogen) atoms. The molecule has 0 radical (unpaired) electrons. The van der Waals surface area contributed by atoms with Gasteiger partial charge in [-0.05, 0) is 51.1 Å². The highest BCUT2D eigenvalue weighted by Crippen LogP contribution is 2.37. The van der Waals surface area contributed by atoms with E-state index in [1.165, 1.54) is 24.1 Å². The van der Waals surface area contributed by atoms with Crippen LogP contribution < -0.4 is 10.2 Å². The van der Waals surface area contributed by atoms with Gasteiger partial charge in [0.2, 0.25) is 0 Å². The Balaban J connectivity index is 1.90. The number of amides is 2. The van der Waals surface area contributed by atoms with Crippen molar-refractivity contribution < 1.29 is 22.4 Å². The molecule has 0 bridgehead atoms. The Bertz CT molecular complexity index is 911. The van der Waals surface area contributed by atoms with E-state index in [9.17, 15) is 22.4 Å². The van der Waals surface area contributed by atoms with E-state index in [0.29, 0.717) is 19.3 Å². The fourth-order valence-electron chi connectivity index (χ4n) is 4.07. The van der Waals surface area contributed by atoms with Gasteiger partial charge in [0.25, 0.3) is 0 Å². The highest BCUT2D eigenvalue weighted by Gasteiger charge is 2.38. The number of nitrogens with one attached hydrogen (secondary N) is 1. The molecule has 0 aliphatic carbocycles. The average Bonchev–Trinajstić information content (AvgIpc) is 3.07. The van der Waals surface area contributed by atoms with E-state index in [2.05, 4.69) is 10.4 Å². The summed E-state index contributed by atoms with van der Waals surface area (Å²) in [4.78, 5) is 16.0. The lowest BCUT2D eigenvalue weighted by Crippen LogP contribution is -2.44. The first kappa shape index (κ1) is 22.1. The van der Waals surface area contributed by atoms with Crippen molar-refractivity contribution in [2.45, 2.75) is 31.0 Å². The van der Waals surface area contributed by atoms with Gasteiger partial charge in [-0.3, -0.25) is 14.5 Å². The first-order chi connectivity index (χ1) is 14.0. The van der Waals surface area contributed by atoms with Gasteiger partial charge in [0.1, 0.15) is 11.6 Å². The number of anilines is 1. The van der Waals surface area contributed by atoms with Gasteiger partial charge in [-0.25, -0.2) is 9.18 Å². The molecule has 1 fully saturated rings. The van der Waals surface area contributed by atoms with Crippen LogP contribution in [-0.4, -0.2) is 47.9 Å². The van der Waals surface area contributed by atoms with Crippen molar-refractivity contribution in [1.29, 1.82) is 0 Å². The molecule has 2 heterocycles. The van der Waals surface area contributed by atoms with E-state index < -0.39 is 23.4 Å². The normalized spacial score (nSPS) is 21.2. The zero-order valence-corrected chi connectivity index (χ0v) is 17.1. The van der Waals surface area contributed by atoms with Gasteiger partial charge in [-0.15, -0.1) is 0 Å². The molecule has 2 amide bonds. The van der Waals surface area contributed by atoms with E-state index in [-0.39, 0.29) is 24.7 Å². The lowest BCUT2D eigenvalue weighted by atomic mass is 9.81. The fraction of sp³-hybridized carbons (Fsp3) is 0.500. The fourth-order valence-corrected chi connectivity index (χ4v) is 4.07. The first-order valence-corrected chi connectivity index (χ1v) is 9.65. The van der Waals surface area contributed by atoms with E-state index in [4.69, 9.17) is 0 Å². The minimum Gasteiger partial charge on any atom is -0.338 e. The zero-order chi connectivity index (χ0) is 22.1. The van der Waals surface area contributed by atoms with Crippen LogP contribution in [0.4, 0.5) is 28.2 Å². The van der Waals surface area contributed by atoms with Gasteiger partial charge in [0.05, 0.1) is 0 Å². The molecule has 0 saturated carbocycles. The number of carbonyl (C=O) groups is 1. The Kier molecular flexibility index (Phi) is 6.07. The van der Waals surface area contributed by atoms with Crippen molar-refractivity contribution in [3.05, 3.63) is 47.4 Å². The smallest absolute Gasteiger partial charge is 0.338 e. The van der Waals surface area contributed by atoms with Crippen LogP contribution in [-0.2, 0) is 18.8 Å². The summed E-state index contributed by atoms with van der Waals surface area (Å²) in [5.41, 5.74) is -0.764. The lowest BCUT2D eigenvalue weighted by molar-refractivity contribution is -0.141. The largest absolute Gasteiger partial charge is 0.435 e. The number of hydrogen-bond donors (Lipinski definition) is 1. The molecule has 0 spiro atoms. The number of rotatable bonds is 3. The predicted octanol–water partition coefficient (Wildman–Crippen LogP) is 3.74. The number of aromatic nitrogens is 2. The number of urea groups is 1. The van der Waals surface area contributed by atoms with Crippen LogP contribution in [0.25, 0.3) is 0 Å². The van der Waals surface area contributed by atoms with Crippen LogP contribution >= 0.6 is 0 Å². The molecule has 3 rings (SSSR count). The molecule has 1 saturated heterocycles. The van der Waals surface area contributed by atoms with Crippen molar-refractivity contribution in [2.75, 3.05) is 32.1 Å². The Morgan fingerprint density at radius 3 is 2.53 bits per heavy atom. The van der Waals surface area contributed by atoms with Crippen LogP contribution in [0, 0.1) is 5.82 Å². The number of aryl methyl sites for hydroxylation is 1. The predicted molar refractivity (Wildman–Crippen MR) is 105 cm³/mol. The van der Waals surface area contributed by atoms with Gasteiger partial charge in [0.15, 0.2) is 5.69 Å². The third-order valence-corrected chi connectivity index (χ3v) is 5.67. The standard InChI is InChI=1S/C20H25F4N5O/c1-27(2)19(14-6-4-7-15(21)12-14)8-5-11-29(18(30)25-10-9-19)17-13-16(20(22,23)24)26-28(17)3/h4,6-7,12-13H,5,8-11H2,1-3H3,(H,25,30). The highest BCUT2D eigenvalue weighted by atomic mass is 19.4. The summed E-state index contributed by atoms with van der Waals surface area (Å²) >= 11 is 0. The third-order valence-electron chi connectivity index (χ3n) is 5.67. The van der Waals surface area contributed by atoms with Crippen LogP contribution in [0.15, 0.2) is 30.3 Å². The van der Waals surface area contributed by atoms with Gasteiger partial charge in [-0.1, -0.05) is 12.1 Å². The summed E-state index contributed by atoms with van der Waals surface area (Å²) in [5, 5.41) is 6.29. The number of carbonyl (C=O) groups excluding carboxylic acids is 1. The minimum absolute atomic E-state index is 0.0722. The topological polar surface area (TPSA) is 53.4 Å². The molecule has 1 aliphatic rings. The number of halogens is 4. The molecule has 1 unspecified atom stereocenters. The van der Waals surface area contributed by atoms with Crippen molar-refractivity contribution in [3.8, 4) is 0 Å². The highest BCUT2D eigenvalue weighted by molar-refractivity contribution is 5.91. The molecule has 1 aromatic carbocycles. The maximum absolute atomic E-state index is 13.9. The maximum Gasteiger partial charge on any atom is 0.435 e. The first-order valence-electron chi connectivity index (χ1n) is 9.65. The van der Waals surface area contributed by atoms with Gasteiger partial charge >= 0.3 is 12.2 Å². The molecule has 1 aromatic heterocycles. The molecule has 1 atom stereocenters. The second-order valence-electron chi connectivity index (χ2n) is 7.68. The van der Waals surface area contributed by atoms with E-state index in [1.807, 2.05) is 25.1 Å². The Morgan fingerprint density at radius 1 is 1.20 bits per heavy atom. The summed E-state index contributed by atoms with van der Waals surface area (Å²) < 4.78 is 54.1. The van der Waals surface area contributed by atoms with Crippen LogP contribution in [0.3, 0.4) is 0 Å². The molecular formula is C20H25F4N5O. The Morgan fingerprint density at radius 2 is 1.93 bits per heavy atom. The van der Waals surface area contributed by atoms with Crippen molar-refractivity contribution in [1.82, 2.24) is 20.0 Å². The van der Waals surface area contributed by atoms with Gasteiger partial charge in [-0.2, -0.15) is 18.3 Å². The Hall–Kier alpha value is -2.62. The summed E-state index contributed by atoms with van der Waals surface area (Å²) in [7, 11) is 5.18. The van der Waals surface area contributed by atoms with E-state index >= 15 is 0 Å². The summed E-state index contributed by atoms with van der Waals surface area (Å²) in [5.74, 6) is -0.267. The van der Waals surface area contributed by atoms with Crippen molar-refractivity contribution in [3.63, 3.8) is 0 Å². The summed E-state index contributed by atoms with van der Waals surface area (Å²) in [6.45, 7) is 0.488. The Labute approximate surface area is 172 Å². The molecule has 1 N–H and O–H groups in total. The van der Waals surface area contributed by atoms with Crippen LogP contribution in [0.1, 0.15) is 30.5 Å². The third kappa shape index (κ3) is 4.28. The zero-order valence-electron chi connectivity index (χ0n) is 17.1. The molecule has 1 aliphatic heterocycles.